The number of benzene rings is 2. The highest BCUT2D eigenvalue weighted by Gasteiger charge is 2.28. The number of nitrogens with zero attached hydrogens (tertiary/aromatic N) is 4. The Morgan fingerprint density at radius 1 is 0.793 bits per heavy atom. The summed E-state index contributed by atoms with van der Waals surface area (Å²) in [6.45, 7) is 7.74. The van der Waals surface area contributed by atoms with Crippen molar-refractivity contribution >= 4 is 11.7 Å². The van der Waals surface area contributed by atoms with E-state index in [1.54, 1.807) is 7.11 Å². The van der Waals surface area contributed by atoms with Crippen LogP contribution in [-0.4, -0.2) is 80.2 Å². The molecule has 6 heteroatoms. The van der Waals surface area contributed by atoms with Crippen LogP contribution in [0.2, 0.25) is 0 Å². The number of piperazine rings is 2. The fraction of sp³-hybridized carbons (Fsp3) is 0.435. The molecule has 0 N–H and O–H groups in total. The van der Waals surface area contributed by atoms with E-state index in [1.165, 1.54) is 11.3 Å². The molecule has 29 heavy (non-hydrogen) atoms. The molecule has 2 aliphatic heterocycles. The van der Waals surface area contributed by atoms with Crippen LogP contribution < -0.4 is 9.64 Å². The third-order valence-corrected chi connectivity index (χ3v) is 5.88. The molecule has 0 bridgehead atoms. The van der Waals surface area contributed by atoms with Crippen LogP contribution in [0.4, 0.5) is 10.5 Å². The normalized spacial score (nSPS) is 18.0. The molecular weight excluding hydrogens is 364 g/mol. The first-order valence-corrected chi connectivity index (χ1v) is 10.4. The zero-order valence-corrected chi connectivity index (χ0v) is 17.2. The van der Waals surface area contributed by atoms with Gasteiger partial charge < -0.3 is 19.4 Å². The maximum atomic E-state index is 12.9. The zero-order valence-electron chi connectivity index (χ0n) is 17.2. The monoisotopic (exact) mass is 394 g/mol. The van der Waals surface area contributed by atoms with Gasteiger partial charge in [-0.25, -0.2) is 4.79 Å². The molecule has 2 aliphatic rings. The second-order valence-corrected chi connectivity index (χ2v) is 7.70. The molecule has 0 spiro atoms. The van der Waals surface area contributed by atoms with Crippen LogP contribution in [0.3, 0.4) is 0 Å². The second-order valence-electron chi connectivity index (χ2n) is 7.70. The molecule has 0 radical (unpaired) electrons. The average Bonchev–Trinajstić information content (AvgIpc) is 2.80. The summed E-state index contributed by atoms with van der Waals surface area (Å²) >= 11 is 0. The molecule has 154 valence electrons. The van der Waals surface area contributed by atoms with Crippen LogP contribution in [0.5, 0.6) is 5.75 Å². The van der Waals surface area contributed by atoms with Crippen LogP contribution in [-0.2, 0) is 6.54 Å². The fourth-order valence-corrected chi connectivity index (χ4v) is 4.09. The number of amides is 2. The largest absolute Gasteiger partial charge is 0.497 e. The van der Waals surface area contributed by atoms with E-state index < -0.39 is 0 Å². The van der Waals surface area contributed by atoms with Crippen molar-refractivity contribution in [2.45, 2.75) is 6.54 Å². The minimum Gasteiger partial charge on any atom is -0.497 e. The lowest BCUT2D eigenvalue weighted by Crippen LogP contribution is -2.56. The average molecular weight is 395 g/mol. The number of hydrogen-bond donors (Lipinski definition) is 0. The second kappa shape index (κ2) is 9.18. The number of carbonyl (C=O) groups excluding carboxylic acids is 1. The molecule has 4 rings (SSSR count). The minimum atomic E-state index is 0.193. The number of ether oxygens (including phenoxy) is 1. The van der Waals surface area contributed by atoms with Gasteiger partial charge in [0.2, 0.25) is 0 Å². The summed E-state index contributed by atoms with van der Waals surface area (Å²) < 4.78 is 5.23. The third kappa shape index (κ3) is 4.82. The molecule has 2 heterocycles. The number of urea groups is 1. The summed E-state index contributed by atoms with van der Waals surface area (Å²) in [7, 11) is 1.68. The van der Waals surface area contributed by atoms with Gasteiger partial charge >= 0.3 is 6.03 Å². The van der Waals surface area contributed by atoms with E-state index in [-0.39, 0.29) is 6.03 Å². The van der Waals surface area contributed by atoms with Crippen molar-refractivity contribution in [3.05, 3.63) is 60.2 Å². The summed E-state index contributed by atoms with van der Waals surface area (Å²) in [5.41, 5.74) is 2.52. The Hall–Kier alpha value is -2.73. The van der Waals surface area contributed by atoms with Gasteiger partial charge in [0.15, 0.2) is 0 Å². The van der Waals surface area contributed by atoms with Crippen molar-refractivity contribution in [3.63, 3.8) is 0 Å². The maximum absolute atomic E-state index is 12.9. The molecule has 6 nitrogen and oxygen atoms in total. The van der Waals surface area contributed by atoms with Crippen molar-refractivity contribution < 1.29 is 9.53 Å². The van der Waals surface area contributed by atoms with Crippen LogP contribution in [0.1, 0.15) is 5.56 Å². The van der Waals surface area contributed by atoms with Gasteiger partial charge in [-0.2, -0.15) is 0 Å². The van der Waals surface area contributed by atoms with E-state index in [0.29, 0.717) is 0 Å². The van der Waals surface area contributed by atoms with E-state index in [9.17, 15) is 4.79 Å². The number of methoxy groups -OCH3 is 1. The Morgan fingerprint density at radius 3 is 1.97 bits per heavy atom. The van der Waals surface area contributed by atoms with Gasteiger partial charge in [0.1, 0.15) is 5.75 Å². The highest BCUT2D eigenvalue weighted by Crippen LogP contribution is 2.21. The van der Waals surface area contributed by atoms with Gasteiger partial charge in [0.05, 0.1) is 7.11 Å². The van der Waals surface area contributed by atoms with Crippen molar-refractivity contribution in [2.24, 2.45) is 0 Å². The molecule has 2 amide bonds. The summed E-state index contributed by atoms with van der Waals surface area (Å²) in [5.74, 6) is 0.869. The van der Waals surface area contributed by atoms with Crippen molar-refractivity contribution in [3.8, 4) is 5.75 Å². The van der Waals surface area contributed by atoms with Gasteiger partial charge in [0, 0.05) is 64.6 Å². The standard InChI is InChI=1S/C23H30N4O2/c1-29-22-9-7-21(8-10-22)25-15-17-27(18-16-25)23(28)26-13-11-24(12-14-26)19-20-5-3-2-4-6-20/h2-10H,11-19H2,1H3. The first-order chi connectivity index (χ1) is 14.2. The molecule has 0 atom stereocenters. The predicted molar refractivity (Wildman–Crippen MR) is 115 cm³/mol. The van der Waals surface area contributed by atoms with Crippen LogP contribution in [0.25, 0.3) is 0 Å². The third-order valence-electron chi connectivity index (χ3n) is 5.88. The van der Waals surface area contributed by atoms with E-state index in [0.717, 1.165) is 64.7 Å². The van der Waals surface area contributed by atoms with Gasteiger partial charge in [-0.05, 0) is 29.8 Å². The summed E-state index contributed by atoms with van der Waals surface area (Å²) in [6.07, 6.45) is 0. The van der Waals surface area contributed by atoms with E-state index in [2.05, 4.69) is 52.3 Å². The van der Waals surface area contributed by atoms with Gasteiger partial charge in [-0.1, -0.05) is 30.3 Å². The lowest BCUT2D eigenvalue weighted by atomic mass is 10.2. The number of hydrogen-bond acceptors (Lipinski definition) is 4. The fourth-order valence-electron chi connectivity index (χ4n) is 4.09. The van der Waals surface area contributed by atoms with Crippen LogP contribution in [0, 0.1) is 0 Å². The summed E-state index contributed by atoms with van der Waals surface area (Å²) in [5, 5.41) is 0. The summed E-state index contributed by atoms with van der Waals surface area (Å²) in [4.78, 5) is 21.7. The minimum absolute atomic E-state index is 0.193. The Morgan fingerprint density at radius 2 is 1.38 bits per heavy atom. The maximum Gasteiger partial charge on any atom is 0.320 e. The van der Waals surface area contributed by atoms with E-state index in [4.69, 9.17) is 4.74 Å². The highest BCUT2D eigenvalue weighted by molar-refractivity contribution is 5.75. The van der Waals surface area contributed by atoms with Gasteiger partial charge in [-0.3, -0.25) is 4.90 Å². The van der Waals surface area contributed by atoms with Crippen LogP contribution >= 0.6 is 0 Å². The van der Waals surface area contributed by atoms with Crippen LogP contribution in [0.15, 0.2) is 54.6 Å². The van der Waals surface area contributed by atoms with Crippen molar-refractivity contribution in [1.82, 2.24) is 14.7 Å². The SMILES string of the molecule is COc1ccc(N2CCN(C(=O)N3CCN(Cc4ccccc4)CC3)CC2)cc1. The molecule has 0 unspecified atom stereocenters. The smallest absolute Gasteiger partial charge is 0.320 e. The lowest BCUT2D eigenvalue weighted by Gasteiger charge is -2.41. The molecule has 2 fully saturated rings. The molecule has 2 saturated heterocycles. The predicted octanol–water partition coefficient (Wildman–Crippen LogP) is 2.76. The molecule has 2 aromatic carbocycles. The van der Waals surface area contributed by atoms with Gasteiger partial charge in [-0.15, -0.1) is 0 Å². The Bertz CT molecular complexity index is 780. The molecule has 0 saturated carbocycles. The highest BCUT2D eigenvalue weighted by atomic mass is 16.5. The quantitative estimate of drug-likeness (QED) is 0.800. The molecule has 0 aromatic heterocycles. The zero-order chi connectivity index (χ0) is 20.1. The Balaban J connectivity index is 1.23. The first-order valence-electron chi connectivity index (χ1n) is 10.4. The Labute approximate surface area is 173 Å². The molecule has 2 aromatic rings. The number of anilines is 1. The first kappa shape index (κ1) is 19.6. The van der Waals surface area contributed by atoms with Crippen molar-refractivity contribution in [2.75, 3.05) is 64.4 Å². The lowest BCUT2D eigenvalue weighted by molar-refractivity contribution is 0.108. The topological polar surface area (TPSA) is 39.3 Å². The van der Waals surface area contributed by atoms with E-state index >= 15 is 0 Å². The van der Waals surface area contributed by atoms with Crippen molar-refractivity contribution in [1.29, 1.82) is 0 Å². The van der Waals surface area contributed by atoms with Gasteiger partial charge in [0.25, 0.3) is 0 Å². The Kier molecular flexibility index (Phi) is 6.20. The molecular formula is C23H30N4O2. The number of carbonyl (C=O) groups is 1. The van der Waals surface area contributed by atoms with E-state index in [1.807, 2.05) is 21.9 Å². The number of rotatable bonds is 4. The molecule has 0 aliphatic carbocycles. The summed E-state index contributed by atoms with van der Waals surface area (Å²) in [6, 6.07) is 18.9.